The number of hydrogen-bond donors (Lipinski definition) is 2. The standard InChI is InChI=1S/C11H12N2OS2.C6H6/c1-7(6-15)10(14)13-11-12-8-4-2-3-5-9(8)16-11;1-2-4-6-5-3-1/h2-5,7,15H,6H2,1H3,(H,12,13,14);1-6H. The molecule has 2 aromatic carbocycles. The molecule has 1 N–H and O–H groups in total. The van der Waals surface area contributed by atoms with Crippen molar-refractivity contribution in [3.63, 3.8) is 0 Å². The summed E-state index contributed by atoms with van der Waals surface area (Å²) in [5.41, 5.74) is 0.918. The minimum absolute atomic E-state index is 0.0333. The first kappa shape index (κ1) is 16.5. The fourth-order valence-electron chi connectivity index (χ4n) is 1.62. The van der Waals surface area contributed by atoms with Crippen molar-refractivity contribution in [3.05, 3.63) is 60.7 Å². The van der Waals surface area contributed by atoms with Crippen LogP contribution in [0.1, 0.15) is 6.92 Å². The zero-order valence-electron chi connectivity index (χ0n) is 12.3. The van der Waals surface area contributed by atoms with Crippen molar-refractivity contribution in [2.24, 2.45) is 5.92 Å². The summed E-state index contributed by atoms with van der Waals surface area (Å²) in [7, 11) is 0. The summed E-state index contributed by atoms with van der Waals surface area (Å²) in [6.45, 7) is 1.84. The lowest BCUT2D eigenvalue weighted by Crippen LogP contribution is -2.21. The number of amides is 1. The first-order valence-electron chi connectivity index (χ1n) is 6.98. The Morgan fingerprint density at radius 3 is 2.27 bits per heavy atom. The molecule has 0 aliphatic heterocycles. The smallest absolute Gasteiger partial charge is 0.229 e. The number of thiazole rings is 1. The van der Waals surface area contributed by atoms with Crippen molar-refractivity contribution < 1.29 is 4.79 Å². The molecule has 22 heavy (non-hydrogen) atoms. The number of thiol groups is 1. The van der Waals surface area contributed by atoms with Crippen molar-refractivity contribution in [2.45, 2.75) is 6.92 Å². The molecule has 5 heteroatoms. The lowest BCUT2D eigenvalue weighted by atomic mass is 10.2. The molecule has 114 valence electrons. The highest BCUT2D eigenvalue weighted by Crippen LogP contribution is 2.25. The first-order chi connectivity index (χ1) is 10.7. The zero-order chi connectivity index (χ0) is 15.8. The molecule has 0 spiro atoms. The highest BCUT2D eigenvalue weighted by molar-refractivity contribution is 7.80. The van der Waals surface area contributed by atoms with Gasteiger partial charge in [0.1, 0.15) is 0 Å². The molecule has 1 unspecified atom stereocenters. The minimum atomic E-state index is -0.102. The van der Waals surface area contributed by atoms with E-state index < -0.39 is 0 Å². The first-order valence-corrected chi connectivity index (χ1v) is 8.43. The number of benzene rings is 2. The molecule has 1 atom stereocenters. The summed E-state index contributed by atoms with van der Waals surface area (Å²) in [6, 6.07) is 19.8. The van der Waals surface area contributed by atoms with E-state index in [-0.39, 0.29) is 11.8 Å². The number of para-hydroxylation sites is 1. The van der Waals surface area contributed by atoms with Gasteiger partial charge in [-0.3, -0.25) is 4.79 Å². The van der Waals surface area contributed by atoms with Crippen LogP contribution in [-0.2, 0) is 4.79 Å². The van der Waals surface area contributed by atoms with Gasteiger partial charge in [-0.2, -0.15) is 12.6 Å². The second-order valence-electron chi connectivity index (χ2n) is 4.71. The third-order valence-corrected chi connectivity index (χ3v) is 4.41. The van der Waals surface area contributed by atoms with E-state index in [2.05, 4.69) is 22.9 Å². The molecule has 3 rings (SSSR count). The highest BCUT2D eigenvalue weighted by atomic mass is 32.1. The average molecular weight is 330 g/mol. The van der Waals surface area contributed by atoms with E-state index in [1.165, 1.54) is 11.3 Å². The Balaban J connectivity index is 0.000000246. The normalized spacial score (nSPS) is 11.4. The molecule has 3 nitrogen and oxygen atoms in total. The lowest BCUT2D eigenvalue weighted by molar-refractivity contribution is -0.118. The number of aromatic nitrogens is 1. The Bertz CT molecular complexity index is 653. The largest absolute Gasteiger partial charge is 0.302 e. The zero-order valence-corrected chi connectivity index (χ0v) is 14.0. The summed E-state index contributed by atoms with van der Waals surface area (Å²) in [4.78, 5) is 16.0. The topological polar surface area (TPSA) is 42.0 Å². The summed E-state index contributed by atoms with van der Waals surface area (Å²) in [5.74, 6) is 0.404. The van der Waals surface area contributed by atoms with Crippen LogP contribution in [0.25, 0.3) is 10.2 Å². The monoisotopic (exact) mass is 330 g/mol. The van der Waals surface area contributed by atoms with Gasteiger partial charge in [0.25, 0.3) is 0 Å². The summed E-state index contributed by atoms with van der Waals surface area (Å²) in [6.07, 6.45) is 0. The van der Waals surface area contributed by atoms with Crippen LogP contribution >= 0.6 is 24.0 Å². The van der Waals surface area contributed by atoms with Crippen LogP contribution in [0.2, 0.25) is 0 Å². The molecule has 1 amide bonds. The third-order valence-electron chi connectivity index (χ3n) is 2.91. The summed E-state index contributed by atoms with van der Waals surface area (Å²) in [5, 5.41) is 3.45. The van der Waals surface area contributed by atoms with Gasteiger partial charge in [-0.25, -0.2) is 4.98 Å². The summed E-state index contributed by atoms with van der Waals surface area (Å²) >= 11 is 5.58. The van der Waals surface area contributed by atoms with E-state index in [4.69, 9.17) is 0 Å². The van der Waals surface area contributed by atoms with Gasteiger partial charge in [-0.15, -0.1) is 0 Å². The van der Waals surface area contributed by atoms with E-state index in [0.29, 0.717) is 10.9 Å². The minimum Gasteiger partial charge on any atom is -0.302 e. The van der Waals surface area contributed by atoms with Gasteiger partial charge in [0, 0.05) is 11.7 Å². The number of hydrogen-bond acceptors (Lipinski definition) is 4. The molecule has 0 radical (unpaired) electrons. The van der Waals surface area contributed by atoms with Crippen molar-refractivity contribution in [3.8, 4) is 0 Å². The van der Waals surface area contributed by atoms with Crippen LogP contribution in [-0.4, -0.2) is 16.6 Å². The Morgan fingerprint density at radius 2 is 1.73 bits per heavy atom. The van der Waals surface area contributed by atoms with Gasteiger partial charge in [0.15, 0.2) is 5.13 Å². The molecule has 0 fully saturated rings. The van der Waals surface area contributed by atoms with Gasteiger partial charge in [-0.1, -0.05) is 66.8 Å². The number of nitrogens with zero attached hydrogens (tertiary/aromatic N) is 1. The van der Waals surface area contributed by atoms with E-state index in [1.807, 2.05) is 67.6 Å². The van der Waals surface area contributed by atoms with Crippen LogP contribution in [0, 0.1) is 5.92 Å². The fourth-order valence-corrected chi connectivity index (χ4v) is 2.66. The van der Waals surface area contributed by atoms with E-state index in [1.54, 1.807) is 0 Å². The second kappa shape index (κ2) is 8.56. The van der Waals surface area contributed by atoms with E-state index in [0.717, 1.165) is 10.2 Å². The molecule has 0 bridgehead atoms. The Morgan fingerprint density at radius 1 is 1.14 bits per heavy atom. The van der Waals surface area contributed by atoms with Crippen LogP contribution in [0.3, 0.4) is 0 Å². The van der Waals surface area contributed by atoms with Crippen LogP contribution in [0.5, 0.6) is 0 Å². The Kier molecular flexibility index (Phi) is 6.43. The molecular formula is C17H18N2OS2. The number of nitrogens with one attached hydrogen (secondary N) is 1. The molecule has 0 aliphatic carbocycles. The number of rotatable bonds is 3. The molecule has 0 saturated carbocycles. The maximum atomic E-state index is 11.6. The maximum Gasteiger partial charge on any atom is 0.229 e. The van der Waals surface area contributed by atoms with Gasteiger partial charge >= 0.3 is 0 Å². The quantitative estimate of drug-likeness (QED) is 0.695. The molecular weight excluding hydrogens is 312 g/mol. The highest BCUT2D eigenvalue weighted by Gasteiger charge is 2.13. The predicted molar refractivity (Wildman–Crippen MR) is 97.7 cm³/mol. The van der Waals surface area contributed by atoms with Gasteiger partial charge < -0.3 is 5.32 Å². The Hall–Kier alpha value is -1.85. The van der Waals surface area contributed by atoms with Crippen LogP contribution in [0.15, 0.2) is 60.7 Å². The third kappa shape index (κ3) is 4.86. The van der Waals surface area contributed by atoms with Crippen molar-refractivity contribution in [2.75, 3.05) is 11.1 Å². The molecule has 0 aliphatic rings. The summed E-state index contributed by atoms with van der Waals surface area (Å²) < 4.78 is 1.08. The molecule has 3 aromatic rings. The van der Waals surface area contributed by atoms with Gasteiger partial charge in [0.2, 0.25) is 5.91 Å². The lowest BCUT2D eigenvalue weighted by Gasteiger charge is -2.05. The SMILES string of the molecule is CC(CS)C(=O)Nc1nc2ccccc2s1.c1ccccc1. The molecule has 1 heterocycles. The fraction of sp³-hybridized carbons (Fsp3) is 0.176. The second-order valence-corrected chi connectivity index (χ2v) is 6.11. The number of carbonyl (C=O) groups excluding carboxylic acids is 1. The maximum absolute atomic E-state index is 11.6. The van der Waals surface area contributed by atoms with Crippen molar-refractivity contribution in [1.82, 2.24) is 4.98 Å². The van der Waals surface area contributed by atoms with Crippen LogP contribution < -0.4 is 5.32 Å². The Labute approximate surface area is 139 Å². The van der Waals surface area contributed by atoms with E-state index >= 15 is 0 Å². The number of fused-ring (bicyclic) bond motifs is 1. The molecule has 1 aromatic heterocycles. The number of anilines is 1. The van der Waals surface area contributed by atoms with Crippen LogP contribution in [0.4, 0.5) is 5.13 Å². The predicted octanol–water partition coefficient (Wildman–Crippen LogP) is 4.49. The molecule has 0 saturated heterocycles. The van der Waals surface area contributed by atoms with Gasteiger partial charge in [-0.05, 0) is 12.1 Å². The van der Waals surface area contributed by atoms with Gasteiger partial charge in [0.05, 0.1) is 10.2 Å². The average Bonchev–Trinajstić information content (AvgIpc) is 2.98. The van der Waals surface area contributed by atoms with Crippen molar-refractivity contribution in [1.29, 1.82) is 0 Å². The van der Waals surface area contributed by atoms with Crippen molar-refractivity contribution >= 4 is 45.2 Å². The number of carbonyl (C=O) groups is 1. The van der Waals surface area contributed by atoms with E-state index in [9.17, 15) is 4.79 Å².